The number of fused-ring (bicyclic) bond motifs is 4. The molecule has 0 N–H and O–H groups in total. The van der Waals surface area contributed by atoms with E-state index in [-0.39, 0.29) is 0 Å². The van der Waals surface area contributed by atoms with E-state index in [1.807, 2.05) is 0 Å². The molecule has 0 bridgehead atoms. The van der Waals surface area contributed by atoms with Crippen molar-refractivity contribution in [1.82, 2.24) is 9.97 Å². The number of hydrogen-bond acceptors (Lipinski definition) is 3. The van der Waals surface area contributed by atoms with Crippen LogP contribution < -0.4 is 4.90 Å². The van der Waals surface area contributed by atoms with E-state index in [2.05, 4.69) is 73.5 Å². The number of anilines is 2. The molecule has 0 atom stereocenters. The van der Waals surface area contributed by atoms with E-state index in [1.165, 1.54) is 28.1 Å². The van der Waals surface area contributed by atoms with E-state index in [9.17, 15) is 0 Å². The summed E-state index contributed by atoms with van der Waals surface area (Å²) in [4.78, 5) is 11.9. The van der Waals surface area contributed by atoms with Crippen LogP contribution in [0.5, 0.6) is 0 Å². The normalized spacial score (nSPS) is 13.2. The lowest BCUT2D eigenvalue weighted by molar-refractivity contribution is 1.06. The quantitative estimate of drug-likeness (QED) is 0.438. The van der Waals surface area contributed by atoms with E-state index in [0.29, 0.717) is 0 Å². The van der Waals surface area contributed by atoms with Gasteiger partial charge in [0.25, 0.3) is 0 Å². The topological polar surface area (TPSA) is 29.0 Å². The number of benzene rings is 3. The molecular weight excluding hydrogens is 294 g/mol. The highest BCUT2D eigenvalue weighted by atomic mass is 15.1. The summed E-state index contributed by atoms with van der Waals surface area (Å²) in [7, 11) is 2.13. The molecule has 5 rings (SSSR count). The minimum absolute atomic E-state index is 0.944. The van der Waals surface area contributed by atoms with Crippen LogP contribution in [-0.4, -0.2) is 17.0 Å². The van der Waals surface area contributed by atoms with Gasteiger partial charge in [-0.15, -0.1) is 0 Å². The number of para-hydroxylation sites is 1. The second kappa shape index (κ2) is 4.78. The molecule has 4 aromatic rings. The Hall–Kier alpha value is -2.94. The van der Waals surface area contributed by atoms with E-state index < -0.39 is 0 Å². The third-order valence-corrected chi connectivity index (χ3v) is 4.88. The van der Waals surface area contributed by atoms with Crippen LogP contribution >= 0.6 is 0 Å². The maximum absolute atomic E-state index is 4.85. The van der Waals surface area contributed by atoms with E-state index in [0.717, 1.165) is 28.5 Å². The second-order valence-electron chi connectivity index (χ2n) is 6.55. The zero-order valence-electron chi connectivity index (χ0n) is 13.7. The SMILES string of the molecule is Cc1ccc2nc3cc4c(cc3nc2c1)Cc1ccccc1N4C. The number of aryl methyl sites for hydroxylation is 1. The van der Waals surface area contributed by atoms with Gasteiger partial charge < -0.3 is 4.90 Å². The van der Waals surface area contributed by atoms with Gasteiger partial charge in [-0.2, -0.15) is 0 Å². The Morgan fingerprint density at radius 3 is 2.42 bits per heavy atom. The molecule has 3 nitrogen and oxygen atoms in total. The molecule has 0 aliphatic carbocycles. The van der Waals surface area contributed by atoms with Crippen molar-refractivity contribution in [1.29, 1.82) is 0 Å². The predicted octanol–water partition coefficient (Wildman–Crippen LogP) is 4.76. The fourth-order valence-corrected chi connectivity index (χ4v) is 3.64. The summed E-state index contributed by atoms with van der Waals surface area (Å²) in [5.41, 5.74) is 10.2. The van der Waals surface area contributed by atoms with Crippen molar-refractivity contribution in [3.05, 3.63) is 71.3 Å². The van der Waals surface area contributed by atoms with Gasteiger partial charge in [-0.25, -0.2) is 9.97 Å². The lowest BCUT2D eigenvalue weighted by atomic mass is 9.95. The minimum atomic E-state index is 0.944. The summed E-state index contributed by atoms with van der Waals surface area (Å²) in [5, 5.41) is 0. The smallest absolute Gasteiger partial charge is 0.0915 e. The van der Waals surface area contributed by atoms with Gasteiger partial charge in [0.2, 0.25) is 0 Å². The van der Waals surface area contributed by atoms with Crippen LogP contribution in [0.2, 0.25) is 0 Å². The second-order valence-corrected chi connectivity index (χ2v) is 6.55. The average molecular weight is 311 g/mol. The highest BCUT2D eigenvalue weighted by Gasteiger charge is 2.20. The molecule has 0 spiro atoms. The van der Waals surface area contributed by atoms with Crippen molar-refractivity contribution in [2.24, 2.45) is 0 Å². The van der Waals surface area contributed by atoms with Crippen molar-refractivity contribution in [3.8, 4) is 0 Å². The molecule has 0 unspecified atom stereocenters. The first-order chi connectivity index (χ1) is 11.7. The maximum atomic E-state index is 4.85. The zero-order valence-corrected chi connectivity index (χ0v) is 13.7. The summed E-state index contributed by atoms with van der Waals surface area (Å²) < 4.78 is 0. The number of nitrogens with zero attached hydrogens (tertiary/aromatic N) is 3. The molecule has 0 saturated carbocycles. The van der Waals surface area contributed by atoms with Crippen LogP contribution in [0.1, 0.15) is 16.7 Å². The Kier molecular flexibility index (Phi) is 2.69. The molecule has 1 aliphatic rings. The van der Waals surface area contributed by atoms with Crippen molar-refractivity contribution in [2.45, 2.75) is 13.3 Å². The monoisotopic (exact) mass is 311 g/mol. The fraction of sp³-hybridized carbons (Fsp3) is 0.143. The standard InChI is InChI=1S/C21H17N3/c1-13-7-8-16-17(9-13)23-18-11-15-10-14-5-3-4-6-20(14)24(2)21(15)12-19(18)22-16/h3-9,11-12H,10H2,1-2H3. The van der Waals surface area contributed by atoms with Crippen LogP contribution in [0.25, 0.3) is 22.1 Å². The van der Waals surface area contributed by atoms with Gasteiger partial charge in [0.15, 0.2) is 0 Å². The van der Waals surface area contributed by atoms with Gasteiger partial charge >= 0.3 is 0 Å². The molecule has 0 radical (unpaired) electrons. The molecule has 0 fully saturated rings. The Morgan fingerprint density at radius 1 is 0.750 bits per heavy atom. The summed E-state index contributed by atoms with van der Waals surface area (Å²) in [6.07, 6.45) is 0.944. The van der Waals surface area contributed by atoms with Crippen LogP contribution in [0.3, 0.4) is 0 Å². The molecule has 116 valence electrons. The fourth-order valence-electron chi connectivity index (χ4n) is 3.64. The lowest BCUT2D eigenvalue weighted by Gasteiger charge is -2.30. The van der Waals surface area contributed by atoms with Gasteiger partial charge in [0.05, 0.1) is 22.1 Å². The number of rotatable bonds is 0. The molecule has 0 saturated heterocycles. The first-order valence-corrected chi connectivity index (χ1v) is 8.22. The van der Waals surface area contributed by atoms with Crippen molar-refractivity contribution in [3.63, 3.8) is 0 Å². The first kappa shape index (κ1) is 13.5. The number of hydrogen-bond donors (Lipinski definition) is 0. The maximum Gasteiger partial charge on any atom is 0.0915 e. The predicted molar refractivity (Wildman–Crippen MR) is 99.1 cm³/mol. The highest BCUT2D eigenvalue weighted by molar-refractivity contribution is 5.91. The number of aromatic nitrogens is 2. The van der Waals surface area contributed by atoms with Crippen LogP contribution in [0.4, 0.5) is 11.4 Å². The largest absolute Gasteiger partial charge is 0.344 e. The Bertz CT molecular complexity index is 1110. The van der Waals surface area contributed by atoms with Gasteiger partial charge in [-0.1, -0.05) is 24.3 Å². The summed E-state index contributed by atoms with van der Waals surface area (Å²) in [6, 6.07) is 19.2. The molecule has 1 aromatic heterocycles. The van der Waals surface area contributed by atoms with Gasteiger partial charge in [-0.05, 0) is 53.9 Å². The van der Waals surface area contributed by atoms with Gasteiger partial charge in [-0.3, -0.25) is 0 Å². The lowest BCUT2D eigenvalue weighted by Crippen LogP contribution is -2.18. The molecule has 2 heterocycles. The summed E-state index contributed by atoms with van der Waals surface area (Å²) >= 11 is 0. The molecule has 3 heteroatoms. The van der Waals surface area contributed by atoms with Crippen LogP contribution in [-0.2, 0) is 6.42 Å². The Morgan fingerprint density at radius 2 is 1.50 bits per heavy atom. The Labute approximate surface area is 140 Å². The highest BCUT2D eigenvalue weighted by Crippen LogP contribution is 2.38. The van der Waals surface area contributed by atoms with E-state index >= 15 is 0 Å². The van der Waals surface area contributed by atoms with Gasteiger partial charge in [0.1, 0.15) is 0 Å². The van der Waals surface area contributed by atoms with Gasteiger partial charge in [0, 0.05) is 24.8 Å². The molecule has 3 aromatic carbocycles. The first-order valence-electron chi connectivity index (χ1n) is 8.22. The molecule has 1 aliphatic heterocycles. The van der Waals surface area contributed by atoms with Crippen LogP contribution in [0, 0.1) is 6.92 Å². The zero-order chi connectivity index (χ0) is 16.3. The summed E-state index contributed by atoms with van der Waals surface area (Å²) in [6.45, 7) is 2.09. The van der Waals surface area contributed by atoms with E-state index in [1.54, 1.807) is 0 Å². The third-order valence-electron chi connectivity index (χ3n) is 4.88. The van der Waals surface area contributed by atoms with E-state index in [4.69, 9.17) is 9.97 Å². The van der Waals surface area contributed by atoms with Crippen molar-refractivity contribution >= 4 is 33.4 Å². The Balaban J connectivity index is 1.77. The molecule has 24 heavy (non-hydrogen) atoms. The third kappa shape index (κ3) is 1.91. The average Bonchev–Trinajstić information content (AvgIpc) is 2.59. The minimum Gasteiger partial charge on any atom is -0.344 e. The van der Waals surface area contributed by atoms with Crippen LogP contribution in [0.15, 0.2) is 54.6 Å². The van der Waals surface area contributed by atoms with Crippen molar-refractivity contribution in [2.75, 3.05) is 11.9 Å². The summed E-state index contributed by atoms with van der Waals surface area (Å²) in [5.74, 6) is 0. The molecule has 0 amide bonds. The molecular formula is C21H17N3. The van der Waals surface area contributed by atoms with Crippen molar-refractivity contribution < 1.29 is 0 Å².